The molecule has 0 aliphatic heterocycles. The molecule has 0 aliphatic carbocycles. The van der Waals surface area contributed by atoms with Crippen LogP contribution < -0.4 is 5.73 Å². The molecule has 4 nitrogen and oxygen atoms in total. The minimum absolute atomic E-state index is 0.135. The molecule has 110 valence electrons. The summed E-state index contributed by atoms with van der Waals surface area (Å²) in [5, 5.41) is 4.80. The third-order valence-electron chi connectivity index (χ3n) is 3.49. The van der Waals surface area contributed by atoms with Crippen molar-refractivity contribution in [2.45, 2.75) is 6.92 Å². The van der Waals surface area contributed by atoms with Crippen molar-refractivity contribution in [3.05, 3.63) is 76.4 Å². The Morgan fingerprint density at radius 1 is 1.14 bits per heavy atom. The van der Waals surface area contributed by atoms with Crippen molar-refractivity contribution in [1.29, 1.82) is 0 Å². The number of rotatable bonds is 3. The summed E-state index contributed by atoms with van der Waals surface area (Å²) in [6.45, 7) is 1.89. The number of nitrogens with two attached hydrogens (primary N) is 1. The van der Waals surface area contributed by atoms with Gasteiger partial charge in [0.1, 0.15) is 5.82 Å². The van der Waals surface area contributed by atoms with Crippen LogP contribution in [-0.2, 0) is 0 Å². The van der Waals surface area contributed by atoms with E-state index in [4.69, 9.17) is 17.3 Å². The Balaban J connectivity index is 2.04. The van der Waals surface area contributed by atoms with Crippen LogP contribution in [0, 0.1) is 6.92 Å². The van der Waals surface area contributed by atoms with Gasteiger partial charge in [0.15, 0.2) is 5.78 Å². The normalized spacial score (nSPS) is 10.6. The Hall–Kier alpha value is -2.59. The van der Waals surface area contributed by atoms with E-state index in [9.17, 15) is 4.79 Å². The summed E-state index contributed by atoms with van der Waals surface area (Å²) in [7, 11) is 0. The molecule has 0 atom stereocenters. The summed E-state index contributed by atoms with van der Waals surface area (Å²) in [5.74, 6) is 0.166. The molecule has 2 N–H and O–H groups in total. The topological polar surface area (TPSA) is 60.9 Å². The van der Waals surface area contributed by atoms with Gasteiger partial charge in [-0.2, -0.15) is 5.10 Å². The number of ketones is 1. The maximum atomic E-state index is 12.6. The molecule has 3 aromatic rings. The summed E-state index contributed by atoms with van der Waals surface area (Å²) in [6.07, 6.45) is 1.49. The molecule has 22 heavy (non-hydrogen) atoms. The second kappa shape index (κ2) is 5.66. The van der Waals surface area contributed by atoms with Crippen LogP contribution in [0.3, 0.4) is 0 Å². The number of anilines is 1. The van der Waals surface area contributed by atoms with Crippen molar-refractivity contribution >= 4 is 23.2 Å². The van der Waals surface area contributed by atoms with Gasteiger partial charge in [0.2, 0.25) is 0 Å². The van der Waals surface area contributed by atoms with E-state index in [0.29, 0.717) is 27.7 Å². The lowest BCUT2D eigenvalue weighted by atomic mass is 10.0. The zero-order chi connectivity index (χ0) is 15.7. The van der Waals surface area contributed by atoms with Crippen LogP contribution in [0.4, 0.5) is 5.82 Å². The smallest absolute Gasteiger partial charge is 0.198 e. The number of nitrogens with zero attached hydrogens (tertiary/aromatic N) is 2. The molecule has 5 heteroatoms. The van der Waals surface area contributed by atoms with Crippen LogP contribution in [-0.4, -0.2) is 15.6 Å². The lowest BCUT2D eigenvalue weighted by Gasteiger charge is -2.06. The van der Waals surface area contributed by atoms with Crippen molar-refractivity contribution in [2.24, 2.45) is 0 Å². The highest BCUT2D eigenvalue weighted by atomic mass is 35.5. The third kappa shape index (κ3) is 2.49. The molecule has 1 aromatic heterocycles. The van der Waals surface area contributed by atoms with Crippen molar-refractivity contribution in [3.8, 4) is 5.69 Å². The monoisotopic (exact) mass is 311 g/mol. The number of aromatic nitrogens is 2. The van der Waals surface area contributed by atoms with Gasteiger partial charge in [-0.25, -0.2) is 4.68 Å². The largest absolute Gasteiger partial charge is 0.383 e. The zero-order valence-electron chi connectivity index (χ0n) is 12.0. The Morgan fingerprint density at radius 3 is 2.64 bits per heavy atom. The molecule has 0 amide bonds. The molecular formula is C17H14ClN3O. The Kier molecular flexibility index (Phi) is 3.69. The molecule has 0 spiro atoms. The average Bonchev–Trinajstić information content (AvgIpc) is 2.89. The molecule has 1 heterocycles. The fraction of sp³-hybridized carbons (Fsp3) is 0.0588. The molecule has 0 saturated carbocycles. The maximum absolute atomic E-state index is 12.6. The zero-order valence-corrected chi connectivity index (χ0v) is 12.7. The Bertz CT molecular complexity index is 855. The standard InChI is InChI=1S/C17H14ClN3O/c1-11-5-2-3-8-14(11)16(22)15-10-20-21(17(15)19)13-7-4-6-12(18)9-13/h2-10H,19H2,1H3. The van der Waals surface area contributed by atoms with E-state index in [1.54, 1.807) is 18.2 Å². The van der Waals surface area contributed by atoms with Gasteiger partial charge in [-0.15, -0.1) is 0 Å². The molecule has 0 radical (unpaired) electrons. The number of aryl methyl sites for hydroxylation is 1. The van der Waals surface area contributed by atoms with Crippen LogP contribution in [0.5, 0.6) is 0 Å². The van der Waals surface area contributed by atoms with Gasteiger partial charge in [-0.3, -0.25) is 4.79 Å². The minimum Gasteiger partial charge on any atom is -0.383 e. The number of hydrogen-bond acceptors (Lipinski definition) is 3. The van der Waals surface area contributed by atoms with E-state index in [-0.39, 0.29) is 5.78 Å². The van der Waals surface area contributed by atoms with Crippen LogP contribution >= 0.6 is 11.6 Å². The van der Waals surface area contributed by atoms with E-state index in [1.807, 2.05) is 37.3 Å². The van der Waals surface area contributed by atoms with Gasteiger partial charge in [-0.05, 0) is 30.7 Å². The Labute approximate surface area is 133 Å². The second-order valence-corrected chi connectivity index (χ2v) is 5.42. The van der Waals surface area contributed by atoms with Gasteiger partial charge < -0.3 is 5.73 Å². The van der Waals surface area contributed by atoms with Crippen LogP contribution in [0.1, 0.15) is 21.5 Å². The first-order chi connectivity index (χ1) is 10.6. The second-order valence-electron chi connectivity index (χ2n) is 4.98. The molecular weight excluding hydrogens is 298 g/mol. The fourth-order valence-corrected chi connectivity index (χ4v) is 2.50. The van der Waals surface area contributed by atoms with Gasteiger partial charge in [-0.1, -0.05) is 41.9 Å². The third-order valence-corrected chi connectivity index (χ3v) is 3.73. The predicted octanol–water partition coefficient (Wildman–Crippen LogP) is 3.65. The average molecular weight is 312 g/mol. The van der Waals surface area contributed by atoms with Crippen LogP contribution in [0.15, 0.2) is 54.7 Å². The van der Waals surface area contributed by atoms with Gasteiger partial charge in [0.25, 0.3) is 0 Å². The van der Waals surface area contributed by atoms with Crippen LogP contribution in [0.25, 0.3) is 5.69 Å². The number of halogens is 1. The van der Waals surface area contributed by atoms with E-state index in [2.05, 4.69) is 5.10 Å². The highest BCUT2D eigenvalue weighted by Gasteiger charge is 2.18. The first-order valence-electron chi connectivity index (χ1n) is 6.77. The van der Waals surface area contributed by atoms with E-state index < -0.39 is 0 Å². The number of hydrogen-bond donors (Lipinski definition) is 1. The number of benzene rings is 2. The minimum atomic E-state index is -0.135. The molecule has 0 fully saturated rings. The molecule has 0 bridgehead atoms. The summed E-state index contributed by atoms with van der Waals surface area (Å²) in [6, 6.07) is 14.6. The van der Waals surface area contributed by atoms with Crippen molar-refractivity contribution in [3.63, 3.8) is 0 Å². The number of nitrogen functional groups attached to an aromatic ring is 1. The lowest BCUT2D eigenvalue weighted by Crippen LogP contribution is -2.08. The van der Waals surface area contributed by atoms with Crippen molar-refractivity contribution in [2.75, 3.05) is 5.73 Å². The van der Waals surface area contributed by atoms with Gasteiger partial charge in [0.05, 0.1) is 17.4 Å². The quantitative estimate of drug-likeness (QED) is 0.751. The Morgan fingerprint density at radius 2 is 1.91 bits per heavy atom. The fourth-order valence-electron chi connectivity index (χ4n) is 2.32. The molecule has 3 rings (SSSR count). The first-order valence-corrected chi connectivity index (χ1v) is 7.15. The van der Waals surface area contributed by atoms with E-state index in [1.165, 1.54) is 10.9 Å². The molecule has 2 aromatic carbocycles. The summed E-state index contributed by atoms with van der Waals surface area (Å²) in [4.78, 5) is 12.6. The van der Waals surface area contributed by atoms with E-state index >= 15 is 0 Å². The first kappa shape index (κ1) is 14.4. The van der Waals surface area contributed by atoms with Gasteiger partial charge in [0, 0.05) is 10.6 Å². The summed E-state index contributed by atoms with van der Waals surface area (Å²) in [5.41, 5.74) is 8.74. The maximum Gasteiger partial charge on any atom is 0.198 e. The molecule has 0 aliphatic rings. The highest BCUT2D eigenvalue weighted by molar-refractivity contribution is 6.30. The SMILES string of the molecule is Cc1ccccc1C(=O)c1cnn(-c2cccc(Cl)c2)c1N. The number of carbonyl (C=O) groups excluding carboxylic acids is 1. The summed E-state index contributed by atoms with van der Waals surface area (Å²) < 4.78 is 1.51. The highest BCUT2D eigenvalue weighted by Crippen LogP contribution is 2.23. The van der Waals surface area contributed by atoms with Crippen LogP contribution in [0.2, 0.25) is 5.02 Å². The lowest BCUT2D eigenvalue weighted by molar-refractivity contribution is 0.103. The van der Waals surface area contributed by atoms with E-state index in [0.717, 1.165) is 5.56 Å². The van der Waals surface area contributed by atoms with Crippen molar-refractivity contribution < 1.29 is 4.79 Å². The molecule has 0 saturated heterocycles. The van der Waals surface area contributed by atoms with Crippen molar-refractivity contribution in [1.82, 2.24) is 9.78 Å². The number of carbonyl (C=O) groups is 1. The summed E-state index contributed by atoms with van der Waals surface area (Å²) >= 11 is 5.98. The van der Waals surface area contributed by atoms with Gasteiger partial charge >= 0.3 is 0 Å². The predicted molar refractivity (Wildman–Crippen MR) is 87.6 cm³/mol. The molecule has 0 unspecified atom stereocenters.